The van der Waals surface area contributed by atoms with Gasteiger partial charge in [-0.25, -0.2) is 4.98 Å². The Kier molecular flexibility index (Phi) is 5.75. The molecule has 4 rings (SSSR count). The van der Waals surface area contributed by atoms with Crippen LogP contribution in [0.5, 0.6) is 0 Å². The zero-order valence-corrected chi connectivity index (χ0v) is 18.2. The fraction of sp³-hybridized carbons (Fsp3) is 0.292. The first-order valence-electron chi connectivity index (χ1n) is 10.5. The van der Waals surface area contributed by atoms with E-state index in [9.17, 15) is 4.79 Å². The zero-order valence-electron chi connectivity index (χ0n) is 18.2. The lowest BCUT2D eigenvalue weighted by Crippen LogP contribution is -2.36. The molecule has 0 aliphatic rings. The maximum absolute atomic E-state index is 13.8. The summed E-state index contributed by atoms with van der Waals surface area (Å²) in [7, 11) is 0. The zero-order chi connectivity index (χ0) is 22.0. The second kappa shape index (κ2) is 8.63. The van der Waals surface area contributed by atoms with Crippen molar-refractivity contribution >= 4 is 11.7 Å². The topological polar surface area (TPSA) is 76.3 Å². The maximum atomic E-state index is 13.8. The van der Waals surface area contributed by atoms with Crippen molar-refractivity contribution in [3.8, 4) is 0 Å². The number of carbonyl (C=O) groups is 1. The predicted molar refractivity (Wildman–Crippen MR) is 119 cm³/mol. The Morgan fingerprint density at radius 3 is 2.42 bits per heavy atom. The number of pyridine rings is 1. The van der Waals surface area contributed by atoms with E-state index < -0.39 is 0 Å². The van der Waals surface area contributed by atoms with Crippen molar-refractivity contribution in [1.29, 1.82) is 0 Å². The minimum absolute atomic E-state index is 0.137. The van der Waals surface area contributed by atoms with Gasteiger partial charge in [-0.2, -0.15) is 9.50 Å². The van der Waals surface area contributed by atoms with E-state index in [-0.39, 0.29) is 11.9 Å². The van der Waals surface area contributed by atoms with Crippen LogP contribution < -0.4 is 0 Å². The van der Waals surface area contributed by atoms with Gasteiger partial charge in [-0.05, 0) is 48.6 Å². The highest BCUT2D eigenvalue weighted by Crippen LogP contribution is 2.30. The molecular formula is C24H26N6O. The van der Waals surface area contributed by atoms with Gasteiger partial charge in [0.05, 0.1) is 6.04 Å². The van der Waals surface area contributed by atoms with E-state index in [4.69, 9.17) is 0 Å². The molecule has 3 heterocycles. The van der Waals surface area contributed by atoms with Gasteiger partial charge in [0.25, 0.3) is 11.7 Å². The highest BCUT2D eigenvalue weighted by Gasteiger charge is 2.28. The smallest absolute Gasteiger partial charge is 0.273 e. The van der Waals surface area contributed by atoms with Crippen molar-refractivity contribution in [3.05, 3.63) is 89.3 Å². The van der Waals surface area contributed by atoms with Crippen molar-refractivity contribution in [3.63, 3.8) is 0 Å². The summed E-state index contributed by atoms with van der Waals surface area (Å²) in [5, 5.41) is 4.37. The predicted octanol–water partition coefficient (Wildman–Crippen LogP) is 4.20. The number of fused-ring (bicyclic) bond motifs is 1. The number of nitrogens with zero attached hydrogens (tertiary/aromatic N) is 6. The molecule has 1 amide bonds. The Hall–Kier alpha value is -3.61. The second-order valence-electron chi connectivity index (χ2n) is 7.80. The quantitative estimate of drug-likeness (QED) is 0.473. The van der Waals surface area contributed by atoms with Crippen LogP contribution in [0.1, 0.15) is 65.7 Å². The number of aromatic nitrogens is 5. The lowest BCUT2D eigenvalue weighted by Gasteiger charge is -2.31. The molecule has 0 saturated carbocycles. The molecule has 158 valence electrons. The van der Waals surface area contributed by atoms with E-state index in [1.165, 1.54) is 10.1 Å². The molecule has 0 fully saturated rings. The molecule has 0 spiro atoms. The fourth-order valence-electron chi connectivity index (χ4n) is 3.80. The Morgan fingerprint density at radius 1 is 1.03 bits per heavy atom. The van der Waals surface area contributed by atoms with E-state index in [1.54, 1.807) is 25.4 Å². The molecule has 0 saturated heterocycles. The standard InChI is InChI=1S/C24H26N6O/c1-5-29(23(31)21-12-14-26-24-27-17(4)28-30(21)24)22(20-7-6-13-25-15-20)19-10-8-18(9-11-19)16(2)3/h6-16,22H,5H2,1-4H3/t22-/m0/s1. The summed E-state index contributed by atoms with van der Waals surface area (Å²) in [6, 6.07) is 13.8. The molecule has 4 aromatic rings. The van der Waals surface area contributed by atoms with Crippen molar-refractivity contribution in [1.82, 2.24) is 29.5 Å². The second-order valence-corrected chi connectivity index (χ2v) is 7.80. The third kappa shape index (κ3) is 4.03. The van der Waals surface area contributed by atoms with Gasteiger partial charge in [-0.3, -0.25) is 9.78 Å². The lowest BCUT2D eigenvalue weighted by atomic mass is 9.94. The van der Waals surface area contributed by atoms with Gasteiger partial charge in [0.1, 0.15) is 11.5 Å². The first-order chi connectivity index (χ1) is 15.0. The van der Waals surface area contributed by atoms with Gasteiger partial charge < -0.3 is 4.90 Å². The van der Waals surface area contributed by atoms with E-state index in [2.05, 4.69) is 58.2 Å². The van der Waals surface area contributed by atoms with Crippen LogP contribution in [0.2, 0.25) is 0 Å². The van der Waals surface area contributed by atoms with Crippen LogP contribution in [0.15, 0.2) is 61.1 Å². The highest BCUT2D eigenvalue weighted by molar-refractivity contribution is 5.93. The summed E-state index contributed by atoms with van der Waals surface area (Å²) < 4.78 is 1.52. The summed E-state index contributed by atoms with van der Waals surface area (Å²) in [6.45, 7) is 8.63. The minimum Gasteiger partial charge on any atom is -0.326 e. The molecule has 0 bridgehead atoms. The molecular weight excluding hydrogens is 388 g/mol. The number of amides is 1. The summed E-state index contributed by atoms with van der Waals surface area (Å²) in [5.41, 5.74) is 3.68. The largest absolute Gasteiger partial charge is 0.326 e. The summed E-state index contributed by atoms with van der Waals surface area (Å²) in [5.74, 6) is 1.29. The Morgan fingerprint density at radius 2 is 1.77 bits per heavy atom. The van der Waals surface area contributed by atoms with Crippen LogP contribution in [0.25, 0.3) is 5.78 Å². The van der Waals surface area contributed by atoms with Gasteiger partial charge in [0, 0.05) is 25.1 Å². The number of rotatable bonds is 6. The average molecular weight is 415 g/mol. The Balaban J connectivity index is 1.81. The first-order valence-corrected chi connectivity index (χ1v) is 10.5. The van der Waals surface area contributed by atoms with Crippen molar-refractivity contribution in [2.75, 3.05) is 6.54 Å². The van der Waals surface area contributed by atoms with Crippen LogP contribution in [0, 0.1) is 6.92 Å². The number of hydrogen-bond acceptors (Lipinski definition) is 5. The molecule has 1 atom stereocenters. The van der Waals surface area contributed by atoms with E-state index in [0.29, 0.717) is 29.8 Å². The van der Waals surface area contributed by atoms with Crippen LogP contribution in [0.3, 0.4) is 0 Å². The fourth-order valence-corrected chi connectivity index (χ4v) is 3.80. The Labute approximate surface area is 181 Å². The monoisotopic (exact) mass is 414 g/mol. The van der Waals surface area contributed by atoms with Crippen molar-refractivity contribution in [2.45, 2.75) is 39.7 Å². The first kappa shape index (κ1) is 20.7. The molecule has 7 heteroatoms. The van der Waals surface area contributed by atoms with Crippen LogP contribution >= 0.6 is 0 Å². The third-order valence-corrected chi connectivity index (χ3v) is 5.40. The molecule has 0 radical (unpaired) electrons. The number of benzene rings is 1. The molecule has 0 N–H and O–H groups in total. The van der Waals surface area contributed by atoms with Gasteiger partial charge >= 0.3 is 0 Å². The summed E-state index contributed by atoms with van der Waals surface area (Å²) in [6.07, 6.45) is 5.16. The van der Waals surface area contributed by atoms with E-state index in [0.717, 1.165) is 11.1 Å². The van der Waals surface area contributed by atoms with Gasteiger partial charge in [-0.15, -0.1) is 5.10 Å². The SMILES string of the molecule is CCN(C(=O)c1ccnc2nc(C)nn12)[C@@H](c1ccc(C(C)C)cc1)c1cccnc1. The van der Waals surface area contributed by atoms with Crippen molar-refractivity contribution < 1.29 is 4.79 Å². The average Bonchev–Trinajstić information content (AvgIpc) is 3.17. The van der Waals surface area contributed by atoms with Crippen molar-refractivity contribution in [2.24, 2.45) is 0 Å². The van der Waals surface area contributed by atoms with Crippen LogP contribution in [-0.2, 0) is 0 Å². The summed E-state index contributed by atoms with van der Waals surface area (Å²) in [4.78, 5) is 28.4. The molecule has 3 aromatic heterocycles. The highest BCUT2D eigenvalue weighted by atomic mass is 16.2. The van der Waals surface area contributed by atoms with E-state index in [1.807, 2.05) is 30.2 Å². The molecule has 1 aromatic carbocycles. The summed E-state index contributed by atoms with van der Waals surface area (Å²) >= 11 is 0. The number of hydrogen-bond donors (Lipinski definition) is 0. The molecule has 0 aliphatic heterocycles. The Bertz CT molecular complexity index is 1180. The van der Waals surface area contributed by atoms with E-state index >= 15 is 0 Å². The van der Waals surface area contributed by atoms with Gasteiger partial charge in [0.2, 0.25) is 0 Å². The maximum Gasteiger partial charge on any atom is 0.273 e. The molecule has 0 unspecified atom stereocenters. The van der Waals surface area contributed by atoms with Gasteiger partial charge in [-0.1, -0.05) is 44.2 Å². The normalized spacial score (nSPS) is 12.3. The lowest BCUT2D eigenvalue weighted by molar-refractivity contribution is 0.0707. The number of carbonyl (C=O) groups excluding carboxylic acids is 1. The third-order valence-electron chi connectivity index (χ3n) is 5.40. The molecule has 7 nitrogen and oxygen atoms in total. The van der Waals surface area contributed by atoms with Crippen LogP contribution in [-0.4, -0.2) is 41.9 Å². The van der Waals surface area contributed by atoms with Gasteiger partial charge in [0.15, 0.2) is 0 Å². The number of aryl methyl sites for hydroxylation is 1. The molecule has 0 aliphatic carbocycles. The minimum atomic E-state index is -0.278. The molecule has 31 heavy (non-hydrogen) atoms. The van der Waals surface area contributed by atoms with Crippen LogP contribution in [0.4, 0.5) is 0 Å².